The standard InChI is InChI=1S/C24H18N6O3/c31-22-8-7-21(23(32)26-22)29-12-15-11-14(5-6-16(15)24(29)33)19-13-30(28-27-19)20-9-10-25-18-4-2-1-3-17(18)20/h1-6,9-11,13,21H,7-8,12H2,(H,26,31,32). The van der Waals surface area contributed by atoms with Crippen LogP contribution in [-0.2, 0) is 16.1 Å². The molecule has 1 saturated heterocycles. The molecule has 0 radical (unpaired) electrons. The van der Waals surface area contributed by atoms with Crippen LogP contribution in [0.3, 0.4) is 0 Å². The van der Waals surface area contributed by atoms with Crippen LogP contribution in [0.2, 0.25) is 0 Å². The number of hydrogen-bond acceptors (Lipinski definition) is 6. The number of carbonyl (C=O) groups is 3. The molecular weight excluding hydrogens is 420 g/mol. The van der Waals surface area contributed by atoms with Crippen molar-refractivity contribution in [2.24, 2.45) is 0 Å². The molecule has 0 saturated carbocycles. The molecule has 2 aliphatic heterocycles. The van der Waals surface area contributed by atoms with Crippen molar-refractivity contribution in [3.8, 4) is 16.9 Å². The molecule has 9 heteroatoms. The Balaban J connectivity index is 1.30. The highest BCUT2D eigenvalue weighted by Gasteiger charge is 2.39. The molecule has 2 aromatic heterocycles. The number of carbonyl (C=O) groups excluding carboxylic acids is 3. The van der Waals surface area contributed by atoms with Crippen LogP contribution in [0.1, 0.15) is 28.8 Å². The average Bonchev–Trinajstić information content (AvgIpc) is 3.44. The Morgan fingerprint density at radius 2 is 1.91 bits per heavy atom. The van der Waals surface area contributed by atoms with E-state index in [1.165, 1.54) is 4.90 Å². The zero-order chi connectivity index (χ0) is 22.5. The lowest BCUT2D eigenvalue weighted by Crippen LogP contribution is -2.52. The van der Waals surface area contributed by atoms with Crippen molar-refractivity contribution < 1.29 is 14.4 Å². The van der Waals surface area contributed by atoms with Gasteiger partial charge in [0, 0.05) is 35.7 Å². The monoisotopic (exact) mass is 438 g/mol. The fraction of sp³-hybridized carbons (Fsp3) is 0.167. The number of rotatable bonds is 3. The van der Waals surface area contributed by atoms with Crippen molar-refractivity contribution >= 4 is 28.6 Å². The SMILES string of the molecule is O=C1CCC(N2Cc3cc(-c4cn(-c5ccnc6ccccc56)nn4)ccc3C2=O)C(=O)N1. The summed E-state index contributed by atoms with van der Waals surface area (Å²) in [6, 6.07) is 14.6. The fourth-order valence-corrected chi connectivity index (χ4v) is 4.53. The van der Waals surface area contributed by atoms with Crippen LogP contribution in [-0.4, -0.2) is 48.6 Å². The van der Waals surface area contributed by atoms with Crippen LogP contribution in [0, 0.1) is 0 Å². The molecule has 1 atom stereocenters. The van der Waals surface area contributed by atoms with Crippen LogP contribution in [0.25, 0.3) is 27.8 Å². The van der Waals surface area contributed by atoms with Crippen LogP contribution in [0.5, 0.6) is 0 Å². The Hall–Kier alpha value is -4.40. The maximum atomic E-state index is 12.9. The minimum absolute atomic E-state index is 0.196. The van der Waals surface area contributed by atoms with Gasteiger partial charge in [-0.05, 0) is 36.2 Å². The molecule has 3 amide bonds. The smallest absolute Gasteiger partial charge is 0.255 e. The number of aromatic nitrogens is 4. The number of piperidine rings is 1. The highest BCUT2D eigenvalue weighted by atomic mass is 16.2. The molecule has 0 bridgehead atoms. The molecule has 162 valence electrons. The van der Waals surface area contributed by atoms with Gasteiger partial charge in [-0.15, -0.1) is 5.10 Å². The van der Waals surface area contributed by atoms with Crippen LogP contribution < -0.4 is 5.32 Å². The van der Waals surface area contributed by atoms with Gasteiger partial charge in [-0.25, -0.2) is 4.68 Å². The molecule has 0 aliphatic carbocycles. The summed E-state index contributed by atoms with van der Waals surface area (Å²) in [4.78, 5) is 42.5. The highest BCUT2D eigenvalue weighted by Crippen LogP contribution is 2.31. The van der Waals surface area contributed by atoms with Crippen molar-refractivity contribution in [3.05, 3.63) is 72.1 Å². The van der Waals surface area contributed by atoms with E-state index < -0.39 is 11.9 Å². The van der Waals surface area contributed by atoms with E-state index >= 15 is 0 Å². The number of hydrogen-bond donors (Lipinski definition) is 1. The van der Waals surface area contributed by atoms with E-state index in [2.05, 4.69) is 20.6 Å². The lowest BCUT2D eigenvalue weighted by molar-refractivity contribution is -0.136. The van der Waals surface area contributed by atoms with Crippen LogP contribution in [0.4, 0.5) is 0 Å². The van der Waals surface area contributed by atoms with E-state index in [1.54, 1.807) is 16.9 Å². The van der Waals surface area contributed by atoms with E-state index in [0.29, 0.717) is 24.2 Å². The minimum atomic E-state index is -0.633. The molecule has 0 spiro atoms. The summed E-state index contributed by atoms with van der Waals surface area (Å²) >= 11 is 0. The Morgan fingerprint density at radius 3 is 2.79 bits per heavy atom. The molecule has 4 aromatic rings. The van der Waals surface area contributed by atoms with E-state index in [-0.39, 0.29) is 18.2 Å². The predicted octanol–water partition coefficient (Wildman–Crippen LogP) is 2.24. The van der Waals surface area contributed by atoms with Crippen LogP contribution >= 0.6 is 0 Å². The number of imide groups is 1. The van der Waals surface area contributed by atoms with E-state index in [9.17, 15) is 14.4 Å². The maximum absolute atomic E-state index is 12.9. The normalized spacial score (nSPS) is 18.0. The molecule has 2 aromatic carbocycles. The highest BCUT2D eigenvalue weighted by molar-refractivity contribution is 6.05. The first-order valence-electron chi connectivity index (χ1n) is 10.6. The molecule has 1 N–H and O–H groups in total. The molecule has 6 rings (SSSR count). The third kappa shape index (κ3) is 3.16. The first-order valence-corrected chi connectivity index (χ1v) is 10.6. The maximum Gasteiger partial charge on any atom is 0.255 e. The third-order valence-corrected chi connectivity index (χ3v) is 6.19. The molecule has 2 aliphatic rings. The summed E-state index contributed by atoms with van der Waals surface area (Å²) in [7, 11) is 0. The van der Waals surface area contributed by atoms with Gasteiger partial charge in [0.2, 0.25) is 11.8 Å². The lowest BCUT2D eigenvalue weighted by atomic mass is 10.0. The summed E-state index contributed by atoms with van der Waals surface area (Å²) in [6.45, 7) is 0.317. The Bertz CT molecular complexity index is 1450. The van der Waals surface area contributed by atoms with Gasteiger partial charge in [-0.1, -0.05) is 29.5 Å². The lowest BCUT2D eigenvalue weighted by Gasteiger charge is -2.29. The van der Waals surface area contributed by atoms with Gasteiger partial charge >= 0.3 is 0 Å². The first kappa shape index (κ1) is 19.3. The molecule has 1 fully saturated rings. The molecular formula is C24H18N6O3. The predicted molar refractivity (Wildman–Crippen MR) is 118 cm³/mol. The van der Waals surface area contributed by atoms with Crippen molar-refractivity contribution in [1.29, 1.82) is 0 Å². The van der Waals surface area contributed by atoms with Gasteiger partial charge in [0.25, 0.3) is 5.91 Å². The molecule has 9 nitrogen and oxygen atoms in total. The van der Waals surface area contributed by atoms with E-state index in [0.717, 1.165) is 27.7 Å². The number of fused-ring (bicyclic) bond motifs is 2. The van der Waals surface area contributed by atoms with Crippen molar-refractivity contribution in [2.75, 3.05) is 0 Å². The average molecular weight is 438 g/mol. The number of amides is 3. The zero-order valence-corrected chi connectivity index (χ0v) is 17.4. The number of benzene rings is 2. The quantitative estimate of drug-likeness (QED) is 0.491. The van der Waals surface area contributed by atoms with Gasteiger partial charge in [0.1, 0.15) is 11.7 Å². The van der Waals surface area contributed by atoms with Crippen molar-refractivity contribution in [2.45, 2.75) is 25.4 Å². The third-order valence-electron chi connectivity index (χ3n) is 6.19. The topological polar surface area (TPSA) is 110 Å². The van der Waals surface area contributed by atoms with Crippen LogP contribution in [0.15, 0.2) is 60.9 Å². The summed E-state index contributed by atoms with van der Waals surface area (Å²) in [6.07, 6.45) is 4.15. The Kier molecular flexibility index (Phi) is 4.29. The van der Waals surface area contributed by atoms with Gasteiger partial charge in [-0.2, -0.15) is 0 Å². The van der Waals surface area contributed by atoms with Gasteiger partial charge in [-0.3, -0.25) is 24.7 Å². The van der Waals surface area contributed by atoms with Gasteiger partial charge in [0.15, 0.2) is 0 Å². The largest absolute Gasteiger partial charge is 0.322 e. The number of pyridine rings is 1. The summed E-state index contributed by atoms with van der Waals surface area (Å²) < 4.78 is 1.72. The molecule has 4 heterocycles. The number of para-hydroxylation sites is 1. The van der Waals surface area contributed by atoms with Crippen molar-refractivity contribution in [1.82, 2.24) is 30.2 Å². The summed E-state index contributed by atoms with van der Waals surface area (Å²) in [5.74, 6) is -0.911. The van der Waals surface area contributed by atoms with Gasteiger partial charge < -0.3 is 4.90 Å². The molecule has 33 heavy (non-hydrogen) atoms. The minimum Gasteiger partial charge on any atom is -0.322 e. The first-order chi connectivity index (χ1) is 16.1. The Morgan fingerprint density at radius 1 is 1.03 bits per heavy atom. The van der Waals surface area contributed by atoms with E-state index in [4.69, 9.17) is 0 Å². The number of nitrogens with zero attached hydrogens (tertiary/aromatic N) is 5. The van der Waals surface area contributed by atoms with Gasteiger partial charge in [0.05, 0.1) is 17.4 Å². The second-order valence-corrected chi connectivity index (χ2v) is 8.17. The number of nitrogens with one attached hydrogen (secondary N) is 1. The summed E-state index contributed by atoms with van der Waals surface area (Å²) in [5, 5.41) is 11.9. The zero-order valence-electron chi connectivity index (χ0n) is 17.4. The second kappa shape index (κ2) is 7.33. The second-order valence-electron chi connectivity index (χ2n) is 8.17. The Labute approximate surface area is 188 Å². The van der Waals surface area contributed by atoms with E-state index in [1.807, 2.05) is 48.7 Å². The summed E-state index contributed by atoms with van der Waals surface area (Å²) in [5.41, 5.74) is 4.64. The van der Waals surface area contributed by atoms with Crippen molar-refractivity contribution in [3.63, 3.8) is 0 Å². The molecule has 1 unspecified atom stereocenters. The fourth-order valence-electron chi connectivity index (χ4n) is 4.53.